The molecule has 0 unspecified atom stereocenters. The molecule has 6 nitrogen and oxygen atoms in total. The van der Waals surface area contributed by atoms with E-state index in [0.29, 0.717) is 11.5 Å². The number of aromatic nitrogens is 2. The Morgan fingerprint density at radius 2 is 1.65 bits per heavy atom. The van der Waals surface area contributed by atoms with Gasteiger partial charge in [0.25, 0.3) is 0 Å². The fourth-order valence-corrected chi connectivity index (χ4v) is 2.32. The van der Waals surface area contributed by atoms with Crippen LogP contribution in [0.15, 0.2) is 42.7 Å². The molecule has 0 aliphatic rings. The van der Waals surface area contributed by atoms with Crippen LogP contribution in [-0.2, 0) is 0 Å². The lowest BCUT2D eigenvalue weighted by Gasteiger charge is -2.12. The Kier molecular flexibility index (Phi) is 6.49. The van der Waals surface area contributed by atoms with E-state index < -0.39 is 6.36 Å². The summed E-state index contributed by atoms with van der Waals surface area (Å²) in [4.78, 5) is 8.42. The normalized spacial score (nSPS) is 10.7. The standard InChI is InChI=1S/C17H14F3N3O.2H2O/c1-10-6-14-15(7-11(10)2)21-9-22-16(14)23-12-4-3-5-13(8-12)24-17(18,19)20;;/h3-9H,1-2H3,(H,21,22,23);2*1H2. The van der Waals surface area contributed by atoms with Crippen LogP contribution in [0.4, 0.5) is 24.7 Å². The molecule has 5 N–H and O–H groups in total. The van der Waals surface area contributed by atoms with Crippen LogP contribution in [0, 0.1) is 13.8 Å². The zero-order chi connectivity index (χ0) is 17.3. The highest BCUT2D eigenvalue weighted by Crippen LogP contribution is 2.29. The van der Waals surface area contributed by atoms with E-state index >= 15 is 0 Å². The summed E-state index contributed by atoms with van der Waals surface area (Å²) in [5.74, 6) is 0.227. The molecule has 0 spiro atoms. The largest absolute Gasteiger partial charge is 0.573 e. The molecule has 0 saturated heterocycles. The summed E-state index contributed by atoms with van der Waals surface area (Å²) in [5.41, 5.74) is 3.38. The number of alkyl halides is 3. The lowest BCUT2D eigenvalue weighted by molar-refractivity contribution is -0.274. The van der Waals surface area contributed by atoms with E-state index in [4.69, 9.17) is 0 Å². The minimum Gasteiger partial charge on any atom is -0.412 e. The molecule has 0 amide bonds. The number of aryl methyl sites for hydroxylation is 2. The Bertz CT molecular complexity index is 901. The third-order valence-electron chi connectivity index (χ3n) is 3.58. The van der Waals surface area contributed by atoms with Crippen molar-refractivity contribution in [3.8, 4) is 5.75 Å². The minimum atomic E-state index is -4.73. The second kappa shape index (κ2) is 7.98. The topological polar surface area (TPSA) is 110 Å². The van der Waals surface area contributed by atoms with Gasteiger partial charge in [0.1, 0.15) is 17.9 Å². The average Bonchev–Trinajstić information content (AvgIpc) is 2.48. The molecule has 0 atom stereocenters. The van der Waals surface area contributed by atoms with Gasteiger partial charge in [0, 0.05) is 17.1 Å². The Hall–Kier alpha value is -2.91. The first kappa shape index (κ1) is 21.1. The summed E-state index contributed by atoms with van der Waals surface area (Å²) in [5, 5.41) is 3.82. The van der Waals surface area contributed by atoms with E-state index in [0.717, 1.165) is 22.0 Å². The smallest absolute Gasteiger partial charge is 0.412 e. The molecular weight excluding hydrogens is 351 g/mol. The number of halogens is 3. The Morgan fingerprint density at radius 3 is 2.35 bits per heavy atom. The predicted octanol–water partition coefficient (Wildman–Crippen LogP) is 3.24. The molecular formula is C17H18F3N3O3. The number of nitrogens with zero attached hydrogens (tertiary/aromatic N) is 2. The molecule has 0 fully saturated rings. The monoisotopic (exact) mass is 369 g/mol. The molecule has 0 radical (unpaired) electrons. The highest BCUT2D eigenvalue weighted by atomic mass is 19.4. The molecule has 0 saturated carbocycles. The number of hydrogen-bond acceptors (Lipinski definition) is 4. The van der Waals surface area contributed by atoms with Crippen LogP contribution in [0.3, 0.4) is 0 Å². The van der Waals surface area contributed by atoms with Crippen molar-refractivity contribution in [2.75, 3.05) is 5.32 Å². The first-order valence-corrected chi connectivity index (χ1v) is 7.16. The van der Waals surface area contributed by atoms with Gasteiger partial charge in [-0.05, 0) is 49.2 Å². The van der Waals surface area contributed by atoms with Gasteiger partial charge >= 0.3 is 6.36 Å². The zero-order valence-electron chi connectivity index (χ0n) is 14.0. The maximum Gasteiger partial charge on any atom is 0.573 e. The molecule has 3 rings (SSSR count). The number of fused-ring (bicyclic) bond motifs is 1. The van der Waals surface area contributed by atoms with Crippen LogP contribution < -0.4 is 10.1 Å². The second-order valence-corrected chi connectivity index (χ2v) is 5.38. The lowest BCUT2D eigenvalue weighted by Crippen LogP contribution is -2.17. The number of anilines is 2. The quantitative estimate of drug-likeness (QED) is 0.764. The van der Waals surface area contributed by atoms with Crippen molar-refractivity contribution in [2.45, 2.75) is 20.2 Å². The highest BCUT2D eigenvalue weighted by Gasteiger charge is 2.31. The summed E-state index contributed by atoms with van der Waals surface area (Å²) < 4.78 is 40.9. The number of hydrogen-bond donors (Lipinski definition) is 1. The molecule has 0 aliphatic carbocycles. The van der Waals surface area contributed by atoms with Gasteiger partial charge in [0.15, 0.2) is 0 Å². The van der Waals surface area contributed by atoms with Gasteiger partial charge in [-0.15, -0.1) is 13.2 Å². The summed E-state index contributed by atoms with van der Waals surface area (Å²) in [7, 11) is 0. The van der Waals surface area contributed by atoms with Crippen LogP contribution in [0.2, 0.25) is 0 Å². The first-order valence-electron chi connectivity index (χ1n) is 7.16. The van der Waals surface area contributed by atoms with Gasteiger partial charge in [0.05, 0.1) is 5.52 Å². The van der Waals surface area contributed by atoms with Crippen molar-refractivity contribution in [2.24, 2.45) is 0 Å². The molecule has 26 heavy (non-hydrogen) atoms. The maximum atomic E-state index is 12.3. The third kappa shape index (κ3) is 4.80. The predicted molar refractivity (Wildman–Crippen MR) is 92.6 cm³/mol. The zero-order valence-corrected chi connectivity index (χ0v) is 14.0. The SMILES string of the molecule is Cc1cc2ncnc(Nc3cccc(OC(F)(F)F)c3)c2cc1C.O.O. The molecule has 2 aromatic carbocycles. The molecule has 1 heterocycles. The first-order chi connectivity index (χ1) is 11.3. The van der Waals surface area contributed by atoms with Gasteiger partial charge in [-0.25, -0.2) is 9.97 Å². The molecule has 0 aliphatic heterocycles. The van der Waals surface area contributed by atoms with Crippen LogP contribution >= 0.6 is 0 Å². The van der Waals surface area contributed by atoms with Crippen molar-refractivity contribution >= 4 is 22.4 Å². The number of ether oxygens (including phenoxy) is 1. The van der Waals surface area contributed by atoms with E-state index in [2.05, 4.69) is 20.0 Å². The van der Waals surface area contributed by atoms with Crippen LogP contribution in [-0.4, -0.2) is 27.3 Å². The average molecular weight is 369 g/mol. The maximum absolute atomic E-state index is 12.3. The van der Waals surface area contributed by atoms with Crippen molar-refractivity contribution < 1.29 is 28.9 Å². The summed E-state index contributed by atoms with van der Waals surface area (Å²) in [6.07, 6.45) is -3.32. The van der Waals surface area contributed by atoms with Crippen LogP contribution in [0.5, 0.6) is 5.75 Å². The third-order valence-corrected chi connectivity index (χ3v) is 3.58. The van der Waals surface area contributed by atoms with Gasteiger partial charge in [0.2, 0.25) is 0 Å². The number of benzene rings is 2. The fraction of sp³-hybridized carbons (Fsp3) is 0.176. The highest BCUT2D eigenvalue weighted by molar-refractivity contribution is 5.91. The molecule has 9 heteroatoms. The van der Waals surface area contributed by atoms with Crippen molar-refractivity contribution in [3.05, 3.63) is 53.9 Å². The summed E-state index contributed by atoms with van der Waals surface area (Å²) in [6.45, 7) is 3.96. The number of rotatable bonds is 3. The fourth-order valence-electron chi connectivity index (χ4n) is 2.32. The van der Waals surface area contributed by atoms with E-state index in [-0.39, 0.29) is 16.7 Å². The van der Waals surface area contributed by atoms with Gasteiger partial charge in [-0.3, -0.25) is 0 Å². The summed E-state index contributed by atoms with van der Waals surface area (Å²) >= 11 is 0. The minimum absolute atomic E-state index is 0. The lowest BCUT2D eigenvalue weighted by atomic mass is 10.1. The molecule has 0 bridgehead atoms. The molecule has 3 aromatic rings. The number of nitrogens with one attached hydrogen (secondary N) is 1. The van der Waals surface area contributed by atoms with Crippen molar-refractivity contribution in [1.29, 1.82) is 0 Å². The summed E-state index contributed by atoms with van der Waals surface area (Å²) in [6, 6.07) is 9.51. The van der Waals surface area contributed by atoms with E-state index in [1.165, 1.54) is 24.5 Å². The van der Waals surface area contributed by atoms with Gasteiger partial charge < -0.3 is 21.0 Å². The van der Waals surface area contributed by atoms with Crippen molar-refractivity contribution in [3.63, 3.8) is 0 Å². The molecule has 1 aromatic heterocycles. The van der Waals surface area contributed by atoms with Crippen LogP contribution in [0.1, 0.15) is 11.1 Å². The molecule has 140 valence electrons. The van der Waals surface area contributed by atoms with Gasteiger partial charge in [-0.1, -0.05) is 6.07 Å². The van der Waals surface area contributed by atoms with E-state index in [1.807, 2.05) is 26.0 Å². The Morgan fingerprint density at radius 1 is 0.962 bits per heavy atom. The Balaban J connectivity index is 0.00000169. The second-order valence-electron chi connectivity index (χ2n) is 5.38. The van der Waals surface area contributed by atoms with Crippen molar-refractivity contribution in [1.82, 2.24) is 9.97 Å². The van der Waals surface area contributed by atoms with E-state index in [9.17, 15) is 13.2 Å². The Labute approximate surface area is 147 Å². The van der Waals surface area contributed by atoms with Gasteiger partial charge in [-0.2, -0.15) is 0 Å². The van der Waals surface area contributed by atoms with E-state index in [1.54, 1.807) is 6.07 Å². The van der Waals surface area contributed by atoms with Crippen LogP contribution in [0.25, 0.3) is 10.9 Å².